The maximum Gasteiger partial charge on any atom is 0.226 e. The highest BCUT2D eigenvalue weighted by Crippen LogP contribution is 2.36. The molecule has 3 rings (SSSR count). The van der Waals surface area contributed by atoms with Gasteiger partial charge in [0.25, 0.3) is 0 Å². The van der Waals surface area contributed by atoms with Crippen molar-refractivity contribution in [2.75, 3.05) is 20.7 Å². The van der Waals surface area contributed by atoms with Gasteiger partial charge in [0.05, 0.1) is 19.1 Å². The van der Waals surface area contributed by atoms with Gasteiger partial charge in [-0.2, -0.15) is 0 Å². The molecule has 6 nitrogen and oxygen atoms in total. The lowest BCUT2D eigenvalue weighted by molar-refractivity contribution is -0.128. The summed E-state index contributed by atoms with van der Waals surface area (Å²) in [5.41, 5.74) is 1.80. The lowest BCUT2D eigenvalue weighted by Crippen LogP contribution is -2.35. The number of nitrogens with zero attached hydrogens (tertiary/aromatic N) is 2. The minimum absolute atomic E-state index is 0.0396. The second-order valence-corrected chi connectivity index (χ2v) is 6.95. The van der Waals surface area contributed by atoms with Gasteiger partial charge in [-0.15, -0.1) is 0 Å². The van der Waals surface area contributed by atoms with Gasteiger partial charge in [-0.25, -0.2) is 0 Å². The number of carbonyl (C=O) groups excluding carboxylic acids is 2. The fraction of sp³-hybridized carbons (Fsp3) is 0.350. The third kappa shape index (κ3) is 4.22. The monoisotopic (exact) mass is 387 g/mol. The van der Waals surface area contributed by atoms with E-state index in [2.05, 4.69) is 10.3 Å². The standard InChI is InChI=1S/C20H22ClN3O3/c1-24-18(25)11-16(19(24)14-4-3-8-22-12-14)20(26)23-9-7-13-5-6-15(27-2)10-17(13)21/h3-6,8,10,12,16,19H,7,9,11H2,1-2H3,(H,23,26)/t16-,19+/m1/s1. The topological polar surface area (TPSA) is 71.5 Å². The Bertz CT molecular complexity index is 828. The van der Waals surface area contributed by atoms with E-state index in [4.69, 9.17) is 16.3 Å². The van der Waals surface area contributed by atoms with Crippen molar-refractivity contribution in [1.29, 1.82) is 0 Å². The van der Waals surface area contributed by atoms with E-state index in [1.165, 1.54) is 0 Å². The second-order valence-electron chi connectivity index (χ2n) is 6.54. The number of likely N-dealkylation sites (tertiary alicyclic amines) is 1. The number of hydrogen-bond donors (Lipinski definition) is 1. The Hall–Kier alpha value is -2.60. The van der Waals surface area contributed by atoms with Crippen molar-refractivity contribution in [2.45, 2.75) is 18.9 Å². The molecule has 0 saturated carbocycles. The number of nitrogens with one attached hydrogen (secondary N) is 1. The van der Waals surface area contributed by atoms with Gasteiger partial charge in [-0.1, -0.05) is 23.7 Å². The SMILES string of the molecule is COc1ccc(CCNC(=O)[C@@H]2CC(=O)N(C)[C@H]2c2cccnc2)c(Cl)c1. The van der Waals surface area contributed by atoms with Gasteiger partial charge in [0.15, 0.2) is 0 Å². The minimum Gasteiger partial charge on any atom is -0.497 e. The Balaban J connectivity index is 1.64. The Kier molecular flexibility index (Phi) is 5.96. The zero-order valence-corrected chi connectivity index (χ0v) is 16.1. The van der Waals surface area contributed by atoms with Crippen molar-refractivity contribution >= 4 is 23.4 Å². The molecule has 1 aromatic carbocycles. The molecule has 1 N–H and O–H groups in total. The average Bonchev–Trinajstić information content (AvgIpc) is 2.98. The predicted molar refractivity (Wildman–Crippen MR) is 103 cm³/mol. The third-order valence-electron chi connectivity index (χ3n) is 4.90. The lowest BCUT2D eigenvalue weighted by atomic mass is 9.94. The number of aromatic nitrogens is 1. The average molecular weight is 388 g/mol. The molecule has 0 aliphatic carbocycles. The molecule has 1 fully saturated rings. The molecule has 0 unspecified atom stereocenters. The molecule has 0 radical (unpaired) electrons. The summed E-state index contributed by atoms with van der Waals surface area (Å²) in [4.78, 5) is 30.6. The number of methoxy groups -OCH3 is 1. The maximum atomic E-state index is 12.7. The van der Waals surface area contributed by atoms with Crippen LogP contribution in [0, 0.1) is 5.92 Å². The molecule has 0 bridgehead atoms. The number of ether oxygens (including phenoxy) is 1. The van der Waals surface area contributed by atoms with Crippen molar-refractivity contribution in [3.8, 4) is 5.75 Å². The van der Waals surface area contributed by atoms with Crippen LogP contribution >= 0.6 is 11.6 Å². The minimum atomic E-state index is -0.432. The second kappa shape index (κ2) is 8.39. The fourth-order valence-electron chi connectivity index (χ4n) is 3.42. The first kappa shape index (κ1) is 19.2. The number of hydrogen-bond acceptors (Lipinski definition) is 4. The van der Waals surface area contributed by atoms with E-state index in [1.807, 2.05) is 24.3 Å². The number of carbonyl (C=O) groups is 2. The van der Waals surface area contributed by atoms with E-state index in [0.717, 1.165) is 11.1 Å². The molecule has 1 aliphatic heterocycles. The van der Waals surface area contributed by atoms with Gasteiger partial charge in [-0.05, 0) is 35.7 Å². The summed E-state index contributed by atoms with van der Waals surface area (Å²) in [6.07, 6.45) is 4.18. The number of pyridine rings is 1. The van der Waals surface area contributed by atoms with Gasteiger partial charge in [-0.3, -0.25) is 14.6 Å². The highest BCUT2D eigenvalue weighted by atomic mass is 35.5. The molecule has 1 saturated heterocycles. The summed E-state index contributed by atoms with van der Waals surface area (Å²) in [6.45, 7) is 0.443. The zero-order valence-electron chi connectivity index (χ0n) is 15.3. The van der Waals surface area contributed by atoms with Crippen molar-refractivity contribution in [2.24, 2.45) is 5.92 Å². The predicted octanol–water partition coefficient (Wildman–Crippen LogP) is 2.62. The van der Waals surface area contributed by atoms with E-state index in [1.54, 1.807) is 37.5 Å². The van der Waals surface area contributed by atoms with Crippen molar-refractivity contribution in [3.05, 3.63) is 58.9 Å². The smallest absolute Gasteiger partial charge is 0.226 e. The summed E-state index contributed by atoms with van der Waals surface area (Å²) in [6, 6.07) is 8.89. The molecule has 0 spiro atoms. The summed E-state index contributed by atoms with van der Waals surface area (Å²) in [5.74, 6) is 0.0889. The molecular weight excluding hydrogens is 366 g/mol. The fourth-order valence-corrected chi connectivity index (χ4v) is 3.69. The summed E-state index contributed by atoms with van der Waals surface area (Å²) >= 11 is 6.24. The highest BCUT2D eigenvalue weighted by molar-refractivity contribution is 6.31. The van der Waals surface area contributed by atoms with Crippen molar-refractivity contribution < 1.29 is 14.3 Å². The molecular formula is C20H22ClN3O3. The van der Waals surface area contributed by atoms with Crippen LogP contribution in [0.5, 0.6) is 5.75 Å². The Morgan fingerprint density at radius 3 is 2.89 bits per heavy atom. The van der Waals surface area contributed by atoms with Crippen LogP contribution in [0.2, 0.25) is 5.02 Å². The largest absolute Gasteiger partial charge is 0.497 e. The van der Waals surface area contributed by atoms with Crippen molar-refractivity contribution in [3.63, 3.8) is 0 Å². The van der Waals surface area contributed by atoms with Crippen LogP contribution in [-0.2, 0) is 16.0 Å². The highest BCUT2D eigenvalue weighted by Gasteiger charge is 2.42. The molecule has 2 heterocycles. The first-order valence-corrected chi connectivity index (χ1v) is 9.14. The first-order chi connectivity index (χ1) is 13.0. The zero-order chi connectivity index (χ0) is 19.4. The molecule has 1 aromatic heterocycles. The summed E-state index contributed by atoms with van der Waals surface area (Å²) in [7, 11) is 3.31. The molecule has 7 heteroatoms. The normalized spacial score (nSPS) is 19.2. The molecule has 2 atom stereocenters. The van der Waals surface area contributed by atoms with Crippen LogP contribution in [-0.4, -0.2) is 42.4 Å². The molecule has 2 aromatic rings. The van der Waals surface area contributed by atoms with Gasteiger partial charge in [0.1, 0.15) is 5.75 Å². The lowest BCUT2D eigenvalue weighted by Gasteiger charge is -2.24. The van der Waals surface area contributed by atoms with Crippen LogP contribution in [0.3, 0.4) is 0 Å². The van der Waals surface area contributed by atoms with Gasteiger partial charge in [0, 0.05) is 37.4 Å². The van der Waals surface area contributed by atoms with Gasteiger partial charge < -0.3 is 15.0 Å². The molecule has 27 heavy (non-hydrogen) atoms. The molecule has 2 amide bonds. The quantitative estimate of drug-likeness (QED) is 0.827. The third-order valence-corrected chi connectivity index (χ3v) is 5.25. The Labute approximate surface area is 163 Å². The molecule has 1 aliphatic rings. The van der Waals surface area contributed by atoms with Crippen molar-refractivity contribution in [1.82, 2.24) is 15.2 Å². The summed E-state index contributed by atoms with van der Waals surface area (Å²) < 4.78 is 5.14. The van der Waals surface area contributed by atoms with Crippen LogP contribution in [0.25, 0.3) is 0 Å². The number of rotatable bonds is 6. The van der Waals surface area contributed by atoms with Crippen LogP contribution in [0.4, 0.5) is 0 Å². The van der Waals surface area contributed by atoms with E-state index < -0.39 is 5.92 Å². The first-order valence-electron chi connectivity index (χ1n) is 8.77. The van der Waals surface area contributed by atoms with E-state index in [9.17, 15) is 9.59 Å². The number of benzene rings is 1. The van der Waals surface area contributed by atoms with Crippen LogP contribution in [0.1, 0.15) is 23.6 Å². The maximum absolute atomic E-state index is 12.7. The van der Waals surface area contributed by atoms with Crippen LogP contribution in [0.15, 0.2) is 42.7 Å². The van der Waals surface area contributed by atoms with E-state index in [-0.39, 0.29) is 24.3 Å². The Morgan fingerprint density at radius 2 is 2.22 bits per heavy atom. The van der Waals surface area contributed by atoms with Gasteiger partial charge in [0.2, 0.25) is 11.8 Å². The Morgan fingerprint density at radius 1 is 1.41 bits per heavy atom. The van der Waals surface area contributed by atoms with E-state index in [0.29, 0.717) is 23.7 Å². The van der Waals surface area contributed by atoms with Crippen LogP contribution < -0.4 is 10.1 Å². The van der Waals surface area contributed by atoms with Gasteiger partial charge >= 0.3 is 0 Å². The number of amides is 2. The van der Waals surface area contributed by atoms with E-state index >= 15 is 0 Å². The number of halogens is 1. The summed E-state index contributed by atoms with van der Waals surface area (Å²) in [5, 5.41) is 3.55. The molecule has 142 valence electrons.